The molecule has 0 radical (unpaired) electrons. The Morgan fingerprint density at radius 3 is 1.35 bits per heavy atom. The molecule has 0 N–H and O–H groups in total. The van der Waals surface area contributed by atoms with Gasteiger partial charge in [-0.05, 0) is 52.4 Å². The lowest BCUT2D eigenvalue weighted by molar-refractivity contribution is 0.109. The van der Waals surface area contributed by atoms with Gasteiger partial charge in [0.05, 0.1) is 12.2 Å². The minimum Gasteiger partial charge on any atom is -0.382 e. The van der Waals surface area contributed by atoms with Crippen molar-refractivity contribution in [3.8, 4) is 0 Å². The molecule has 0 fully saturated rings. The minimum atomic E-state index is 0.181. The van der Waals surface area contributed by atoms with Crippen molar-refractivity contribution in [2.75, 3.05) is 14.2 Å². The Hall–Kier alpha value is 0.850. The van der Waals surface area contributed by atoms with E-state index in [1.807, 2.05) is 0 Å². The van der Waals surface area contributed by atoms with Gasteiger partial charge in [-0.1, -0.05) is 13.8 Å². The summed E-state index contributed by atoms with van der Waals surface area (Å²) in [7, 11) is 3.49. The minimum absolute atomic E-state index is 0.181. The molecule has 6 unspecified atom stereocenters. The van der Waals surface area contributed by atoms with Crippen molar-refractivity contribution in [3.63, 3.8) is 0 Å². The first-order chi connectivity index (χ1) is 10.9. The molecule has 0 aliphatic carbocycles. The van der Waals surface area contributed by atoms with Crippen molar-refractivity contribution in [3.05, 3.63) is 0 Å². The van der Waals surface area contributed by atoms with Crippen LogP contribution in [0, 0.1) is 0 Å². The summed E-state index contributed by atoms with van der Waals surface area (Å²) < 4.78 is 10.6. The third kappa shape index (κ3) is 11.9. The Bertz CT molecular complexity index is 256. The maximum absolute atomic E-state index is 6.51. The van der Waals surface area contributed by atoms with Gasteiger partial charge in [0.25, 0.3) is 0 Å². The molecule has 6 atom stereocenters. The van der Waals surface area contributed by atoms with Crippen molar-refractivity contribution < 1.29 is 9.47 Å². The number of hydrogen-bond donors (Lipinski definition) is 0. The summed E-state index contributed by atoms with van der Waals surface area (Å²) in [6.07, 6.45) is 6.64. The van der Waals surface area contributed by atoms with Crippen LogP contribution in [0.25, 0.3) is 0 Å². The highest BCUT2D eigenvalue weighted by molar-refractivity contribution is 8.00. The molecular formula is C18H36Cl2O2S. The van der Waals surface area contributed by atoms with Crippen LogP contribution in [-0.2, 0) is 9.47 Å². The van der Waals surface area contributed by atoms with Gasteiger partial charge in [0, 0.05) is 35.5 Å². The molecule has 0 aromatic heterocycles. The first-order valence-electron chi connectivity index (χ1n) is 8.85. The van der Waals surface area contributed by atoms with Gasteiger partial charge in [-0.2, -0.15) is 11.8 Å². The summed E-state index contributed by atoms with van der Waals surface area (Å²) >= 11 is 15.1. The van der Waals surface area contributed by atoms with E-state index in [9.17, 15) is 0 Å². The smallest absolute Gasteiger partial charge is 0.0557 e. The molecule has 0 rings (SSSR count). The highest BCUT2D eigenvalue weighted by atomic mass is 35.5. The average Bonchev–Trinajstić information content (AvgIpc) is 2.52. The van der Waals surface area contributed by atoms with Crippen LogP contribution in [0.1, 0.15) is 66.2 Å². The van der Waals surface area contributed by atoms with E-state index in [0.29, 0.717) is 10.5 Å². The lowest BCUT2D eigenvalue weighted by Gasteiger charge is -2.26. The van der Waals surface area contributed by atoms with Crippen LogP contribution in [0.3, 0.4) is 0 Å². The maximum Gasteiger partial charge on any atom is 0.0557 e. The van der Waals surface area contributed by atoms with Crippen LogP contribution in [0.2, 0.25) is 0 Å². The number of hydrogen-bond acceptors (Lipinski definition) is 3. The number of halogens is 2. The van der Waals surface area contributed by atoms with E-state index < -0.39 is 0 Å². The van der Waals surface area contributed by atoms with Crippen LogP contribution in [0.5, 0.6) is 0 Å². The molecule has 0 heterocycles. The molecule has 0 aliphatic heterocycles. The maximum atomic E-state index is 6.51. The second-order valence-electron chi connectivity index (χ2n) is 6.43. The predicted molar refractivity (Wildman–Crippen MR) is 106 cm³/mol. The van der Waals surface area contributed by atoms with Gasteiger partial charge in [-0.3, -0.25) is 0 Å². The zero-order valence-corrected chi connectivity index (χ0v) is 18.0. The van der Waals surface area contributed by atoms with Gasteiger partial charge in [-0.25, -0.2) is 0 Å². The Morgan fingerprint density at radius 2 is 1.09 bits per heavy atom. The molecule has 0 aromatic carbocycles. The van der Waals surface area contributed by atoms with Gasteiger partial charge < -0.3 is 9.47 Å². The van der Waals surface area contributed by atoms with E-state index >= 15 is 0 Å². The molecule has 23 heavy (non-hydrogen) atoms. The van der Waals surface area contributed by atoms with Crippen LogP contribution >= 0.6 is 35.0 Å². The van der Waals surface area contributed by atoms with Gasteiger partial charge in [-0.15, -0.1) is 23.2 Å². The van der Waals surface area contributed by atoms with Crippen molar-refractivity contribution in [2.24, 2.45) is 0 Å². The fourth-order valence-electron chi connectivity index (χ4n) is 2.58. The van der Waals surface area contributed by atoms with Crippen molar-refractivity contribution >= 4 is 35.0 Å². The molecule has 0 saturated carbocycles. The molecule has 0 saturated heterocycles. The summed E-state index contributed by atoms with van der Waals surface area (Å²) in [6, 6.07) is 0. The van der Waals surface area contributed by atoms with E-state index in [1.54, 1.807) is 14.2 Å². The largest absolute Gasteiger partial charge is 0.382 e. The number of thioether (sulfide) groups is 1. The van der Waals surface area contributed by atoms with Gasteiger partial charge in [0.15, 0.2) is 0 Å². The number of ether oxygens (including phenoxy) is 2. The average molecular weight is 387 g/mol. The Labute approximate surface area is 158 Å². The SMILES string of the molecule is CCC(CC(Cl)CC(C)OC)SC(CC)CC(Cl)CC(C)OC. The van der Waals surface area contributed by atoms with Gasteiger partial charge >= 0.3 is 0 Å². The second kappa shape index (κ2) is 14.1. The summed E-state index contributed by atoms with van der Waals surface area (Å²) in [4.78, 5) is 0. The number of alkyl halides is 2. The van der Waals surface area contributed by atoms with Gasteiger partial charge in [0.2, 0.25) is 0 Å². The molecule has 0 amide bonds. The topological polar surface area (TPSA) is 18.5 Å². The quantitative estimate of drug-likeness (QED) is 0.335. The first kappa shape index (κ1) is 23.9. The molecule has 2 nitrogen and oxygen atoms in total. The molecule has 0 bridgehead atoms. The number of rotatable bonds is 14. The highest BCUT2D eigenvalue weighted by Crippen LogP contribution is 2.33. The van der Waals surface area contributed by atoms with E-state index in [1.165, 1.54) is 0 Å². The lowest BCUT2D eigenvalue weighted by Crippen LogP contribution is -2.21. The molecule has 0 spiro atoms. The third-order valence-corrected chi connectivity index (χ3v) is 6.85. The monoisotopic (exact) mass is 386 g/mol. The van der Waals surface area contributed by atoms with Crippen molar-refractivity contribution in [1.82, 2.24) is 0 Å². The van der Waals surface area contributed by atoms with Crippen LogP contribution < -0.4 is 0 Å². The predicted octanol–water partition coefficient (Wildman–Crippen LogP) is 6.12. The Balaban J connectivity index is 4.33. The molecule has 0 aromatic rings. The third-order valence-electron chi connectivity index (χ3n) is 4.31. The van der Waals surface area contributed by atoms with E-state index in [2.05, 4.69) is 39.5 Å². The van der Waals surface area contributed by atoms with Crippen LogP contribution in [0.15, 0.2) is 0 Å². The Kier molecular flexibility index (Phi) is 14.6. The molecule has 5 heteroatoms. The van der Waals surface area contributed by atoms with Crippen molar-refractivity contribution in [2.45, 2.75) is 99.7 Å². The summed E-state index contributed by atoms with van der Waals surface area (Å²) in [5.74, 6) is 0. The first-order valence-corrected chi connectivity index (χ1v) is 10.7. The zero-order chi connectivity index (χ0) is 17.8. The summed E-state index contributed by atoms with van der Waals surface area (Å²) in [5, 5.41) is 1.55. The second-order valence-corrected chi connectivity index (χ2v) is 9.27. The van der Waals surface area contributed by atoms with E-state index in [4.69, 9.17) is 32.7 Å². The summed E-state index contributed by atoms with van der Waals surface area (Å²) in [5.41, 5.74) is 0. The van der Waals surface area contributed by atoms with E-state index in [-0.39, 0.29) is 23.0 Å². The highest BCUT2D eigenvalue weighted by Gasteiger charge is 2.22. The Morgan fingerprint density at radius 1 is 0.739 bits per heavy atom. The number of methoxy groups -OCH3 is 2. The fraction of sp³-hybridized carbons (Fsp3) is 1.00. The fourth-order valence-corrected chi connectivity index (χ4v) is 5.34. The van der Waals surface area contributed by atoms with Crippen LogP contribution in [0.4, 0.5) is 0 Å². The van der Waals surface area contributed by atoms with Crippen LogP contribution in [-0.4, -0.2) is 47.7 Å². The zero-order valence-electron chi connectivity index (χ0n) is 15.7. The van der Waals surface area contributed by atoms with Crippen molar-refractivity contribution in [1.29, 1.82) is 0 Å². The van der Waals surface area contributed by atoms with Gasteiger partial charge in [0.1, 0.15) is 0 Å². The normalized spacial score (nSPS) is 19.8. The standard InChI is InChI=1S/C18H36Cl2O2S/c1-7-17(11-15(19)9-13(3)21-5)23-18(8-2)12-16(20)10-14(4)22-6/h13-18H,7-12H2,1-6H3. The molecule has 140 valence electrons. The van der Waals surface area contributed by atoms with E-state index in [0.717, 1.165) is 38.5 Å². The summed E-state index contributed by atoms with van der Waals surface area (Å²) in [6.45, 7) is 8.65. The lowest BCUT2D eigenvalue weighted by atomic mass is 10.1. The molecular weight excluding hydrogens is 351 g/mol. The molecule has 0 aliphatic rings.